The summed E-state index contributed by atoms with van der Waals surface area (Å²) in [6.45, 7) is 0.924. The molecule has 0 radical (unpaired) electrons. The van der Waals surface area contributed by atoms with Crippen LogP contribution in [0.1, 0.15) is 25.3 Å². The lowest BCUT2D eigenvalue weighted by Gasteiger charge is -2.29. The van der Waals surface area contributed by atoms with E-state index in [1.165, 1.54) is 38.1 Å². The van der Waals surface area contributed by atoms with Crippen LogP contribution >= 0.6 is 7.60 Å². The van der Waals surface area contributed by atoms with Crippen LogP contribution in [0.2, 0.25) is 0 Å². The molecular weight excluding hydrogens is 346 g/mol. The Morgan fingerprint density at radius 3 is 2.04 bits per heavy atom. The van der Waals surface area contributed by atoms with Crippen LogP contribution in [-0.2, 0) is 13.6 Å². The highest BCUT2D eigenvalue weighted by atomic mass is 31.2. The van der Waals surface area contributed by atoms with Crippen molar-refractivity contribution in [1.82, 2.24) is 0 Å². The zero-order valence-corrected chi connectivity index (χ0v) is 14.1. The molecule has 0 N–H and O–H groups in total. The molecule has 0 aromatic heterocycles. The molecule has 1 rings (SSSR count). The molecule has 24 heavy (non-hydrogen) atoms. The van der Waals surface area contributed by atoms with E-state index in [-0.39, 0.29) is 18.8 Å². The van der Waals surface area contributed by atoms with Crippen LogP contribution in [0.3, 0.4) is 0 Å². The lowest BCUT2D eigenvalue weighted by atomic mass is 9.98. The highest BCUT2D eigenvalue weighted by molar-refractivity contribution is 7.55. The average molecular weight is 364 g/mol. The van der Waals surface area contributed by atoms with Gasteiger partial charge in [-0.05, 0) is 19.4 Å². The maximum atomic E-state index is 15.5. The number of halogens is 1. The van der Waals surface area contributed by atoms with Crippen molar-refractivity contribution in [1.29, 1.82) is 0 Å². The number of benzene rings is 1. The second kappa shape index (κ2) is 8.27. The zero-order chi connectivity index (χ0) is 18.4. The lowest BCUT2D eigenvalue weighted by molar-refractivity contribution is -0.595. The number of rotatable bonds is 10. The molecule has 0 saturated carbocycles. The fourth-order valence-corrected chi connectivity index (χ4v) is 4.17. The third-order valence-electron chi connectivity index (χ3n) is 3.22. The molecule has 0 saturated heterocycles. The van der Waals surface area contributed by atoms with Gasteiger partial charge in [0, 0.05) is 4.92 Å². The minimum atomic E-state index is -4.95. The number of alkyl halides is 1. The minimum absolute atomic E-state index is 0.0481. The van der Waals surface area contributed by atoms with Crippen molar-refractivity contribution in [2.24, 2.45) is 0 Å². The summed E-state index contributed by atoms with van der Waals surface area (Å²) in [4.78, 5) is 20.1. The number of hydrogen-bond acceptors (Lipinski definition) is 7. The van der Waals surface area contributed by atoms with E-state index >= 15 is 4.39 Å². The number of nitro groups is 2. The Morgan fingerprint density at radius 2 is 1.67 bits per heavy atom. The van der Waals surface area contributed by atoms with Crippen LogP contribution in [0.25, 0.3) is 0 Å². The summed E-state index contributed by atoms with van der Waals surface area (Å²) in [5.74, 6) is -1.95. The molecule has 0 aliphatic carbocycles. The highest BCUT2D eigenvalue weighted by Gasteiger charge is 2.70. The van der Waals surface area contributed by atoms with E-state index in [0.717, 1.165) is 0 Å². The van der Waals surface area contributed by atoms with E-state index in [1.807, 2.05) is 0 Å². The largest absolute Gasteiger partial charge is 0.469 e. The van der Waals surface area contributed by atoms with Crippen molar-refractivity contribution >= 4 is 7.60 Å². The molecule has 1 aromatic carbocycles. The maximum absolute atomic E-state index is 15.5. The maximum Gasteiger partial charge on any atom is 0.469 e. The third-order valence-corrected chi connectivity index (χ3v) is 5.65. The number of nitrogens with zero attached hydrogens (tertiary/aromatic N) is 2. The van der Waals surface area contributed by atoms with Crippen molar-refractivity contribution in [3.8, 4) is 0 Å². The fourth-order valence-electron chi connectivity index (χ4n) is 2.24. The van der Waals surface area contributed by atoms with Gasteiger partial charge in [0.25, 0.3) is 0 Å². The zero-order valence-electron chi connectivity index (χ0n) is 13.2. The van der Waals surface area contributed by atoms with Crippen LogP contribution in [-0.4, -0.2) is 35.1 Å². The Kier molecular flexibility index (Phi) is 6.94. The Hall–Kier alpha value is -1.90. The smallest absolute Gasteiger partial charge is 0.302 e. The van der Waals surface area contributed by atoms with Crippen LogP contribution in [0.4, 0.5) is 4.39 Å². The molecule has 0 spiro atoms. The number of hydrogen-bond donors (Lipinski definition) is 0. The molecule has 0 aliphatic rings. The van der Waals surface area contributed by atoms with Crippen LogP contribution < -0.4 is 0 Å². The van der Waals surface area contributed by atoms with E-state index in [4.69, 9.17) is 9.05 Å². The molecule has 0 bridgehead atoms. The summed E-state index contributed by atoms with van der Waals surface area (Å²) >= 11 is 0. The second-order valence-corrected chi connectivity index (χ2v) is 6.84. The Balaban J connectivity index is 3.57. The molecule has 2 unspecified atom stereocenters. The van der Waals surface area contributed by atoms with E-state index in [9.17, 15) is 24.8 Å². The van der Waals surface area contributed by atoms with Crippen molar-refractivity contribution in [3.05, 3.63) is 56.1 Å². The van der Waals surface area contributed by atoms with Crippen LogP contribution in [0.15, 0.2) is 30.3 Å². The van der Waals surface area contributed by atoms with Gasteiger partial charge < -0.3 is 9.05 Å². The summed E-state index contributed by atoms with van der Waals surface area (Å²) in [6.07, 6.45) is 0. The summed E-state index contributed by atoms with van der Waals surface area (Å²) in [5, 5.41) is 22.4. The summed E-state index contributed by atoms with van der Waals surface area (Å²) in [6, 6.07) is 7.01. The first-order valence-electron chi connectivity index (χ1n) is 7.12. The molecule has 134 valence electrons. The van der Waals surface area contributed by atoms with Crippen molar-refractivity contribution < 1.29 is 27.8 Å². The van der Waals surface area contributed by atoms with Gasteiger partial charge in [0.05, 0.1) is 18.1 Å². The topological polar surface area (TPSA) is 122 Å². The Labute approximate surface area is 137 Å². The van der Waals surface area contributed by atoms with Gasteiger partial charge >= 0.3 is 13.1 Å². The lowest BCUT2D eigenvalue weighted by Crippen LogP contribution is -2.44. The molecule has 1 aromatic rings. The normalized spacial score (nSPS) is 15.5. The summed E-state index contributed by atoms with van der Waals surface area (Å²) < 4.78 is 37.9. The van der Waals surface area contributed by atoms with Gasteiger partial charge in [-0.1, -0.05) is 30.3 Å². The van der Waals surface area contributed by atoms with Crippen molar-refractivity contribution in [2.45, 2.75) is 25.3 Å². The average Bonchev–Trinajstić information content (AvgIpc) is 2.52. The molecule has 0 heterocycles. The van der Waals surface area contributed by atoms with Crippen molar-refractivity contribution in [2.75, 3.05) is 19.8 Å². The van der Waals surface area contributed by atoms with Gasteiger partial charge in [-0.15, -0.1) is 0 Å². The first kappa shape index (κ1) is 20.1. The molecular formula is C13H18FN2O7P. The predicted molar refractivity (Wildman–Crippen MR) is 82.7 cm³/mol. The standard InChI is InChI=1S/C13H18FN2O7P/c1-3-22-24(21,23-4-2)13(14,16(19)20)12(10-15(17)18)11-8-6-5-7-9-11/h5-9,12H,3-4,10H2,1-2H3. The predicted octanol–water partition coefficient (Wildman–Crippen LogP) is 3.21. The van der Waals surface area contributed by atoms with Gasteiger partial charge in [0.2, 0.25) is 6.54 Å². The molecule has 0 amide bonds. The second-order valence-electron chi connectivity index (χ2n) is 4.71. The fraction of sp³-hybridized carbons (Fsp3) is 0.538. The Bertz CT molecular complexity index is 620. The highest BCUT2D eigenvalue weighted by Crippen LogP contribution is 2.65. The monoisotopic (exact) mass is 364 g/mol. The first-order valence-corrected chi connectivity index (χ1v) is 8.66. The van der Waals surface area contributed by atoms with E-state index in [0.29, 0.717) is 0 Å². The van der Waals surface area contributed by atoms with Gasteiger partial charge in [-0.3, -0.25) is 20.2 Å². The molecule has 9 nitrogen and oxygen atoms in total. The van der Waals surface area contributed by atoms with Gasteiger partial charge in [0.1, 0.15) is 0 Å². The Morgan fingerprint density at radius 1 is 1.17 bits per heavy atom. The quantitative estimate of drug-likeness (QED) is 0.270. The molecule has 0 fully saturated rings. The molecule has 2 atom stereocenters. The van der Waals surface area contributed by atoms with E-state index in [1.54, 1.807) is 6.07 Å². The molecule has 11 heteroatoms. The minimum Gasteiger partial charge on any atom is -0.302 e. The summed E-state index contributed by atoms with van der Waals surface area (Å²) in [5.41, 5.74) is -3.85. The van der Waals surface area contributed by atoms with Gasteiger partial charge in [-0.2, -0.15) is 4.39 Å². The SMILES string of the molecule is CCOP(=O)(OCC)C(F)(C(C[N+](=O)[O-])c1ccccc1)[N+](=O)[O-]. The van der Waals surface area contributed by atoms with E-state index in [2.05, 4.69) is 0 Å². The van der Waals surface area contributed by atoms with E-state index < -0.39 is 35.4 Å². The van der Waals surface area contributed by atoms with Crippen LogP contribution in [0, 0.1) is 20.2 Å². The van der Waals surface area contributed by atoms with Gasteiger partial charge in [0.15, 0.2) is 5.92 Å². The van der Waals surface area contributed by atoms with Crippen molar-refractivity contribution in [3.63, 3.8) is 0 Å². The first-order chi connectivity index (χ1) is 11.2. The third kappa shape index (κ3) is 3.95. The molecule has 0 aliphatic heterocycles. The van der Waals surface area contributed by atoms with Crippen LogP contribution in [0.5, 0.6) is 0 Å². The summed E-state index contributed by atoms with van der Waals surface area (Å²) in [7, 11) is -4.95. The van der Waals surface area contributed by atoms with Gasteiger partial charge in [-0.25, -0.2) is 4.57 Å².